The van der Waals surface area contributed by atoms with Crippen molar-refractivity contribution >= 4 is 11.9 Å². The van der Waals surface area contributed by atoms with Gasteiger partial charge in [-0.15, -0.1) is 0 Å². The minimum atomic E-state index is -1.64. The molecule has 8 atom stereocenters. The fraction of sp³-hybridized carbons (Fsp3) is 0.754. The van der Waals surface area contributed by atoms with Crippen LogP contribution in [0.5, 0.6) is 0 Å². The summed E-state index contributed by atoms with van der Waals surface area (Å²) in [6.45, 7) is 5.70. The third-order valence-electron chi connectivity index (χ3n) is 14.0. The minimum absolute atomic E-state index is 0.0132. The van der Waals surface area contributed by atoms with Crippen LogP contribution in [-0.4, -0.2) is 99.6 Å². The molecular weight excluding hydrogens is 955 g/mol. The first-order valence-corrected chi connectivity index (χ1v) is 30.9. The summed E-state index contributed by atoms with van der Waals surface area (Å²) in [6, 6.07) is -1.04. The maximum absolute atomic E-state index is 13.4. The van der Waals surface area contributed by atoms with E-state index in [4.69, 9.17) is 14.2 Å². The van der Waals surface area contributed by atoms with Crippen LogP contribution in [0.1, 0.15) is 252 Å². The van der Waals surface area contributed by atoms with Crippen LogP contribution < -0.4 is 5.32 Å². The largest absolute Gasteiger partial charge is 0.454 e. The third kappa shape index (κ3) is 40.1. The maximum atomic E-state index is 13.4. The SMILES string of the molecule is CCCCC/C=C\C/C=C\C/C=C\C/C=C\CCCCCCCCC(O)C(=O)NC(COC1OC(CO)C(O)C(O)C1OC(=O)CC/C=C/C/C=C\CCCCCCCC)C(O)/C=C/CCCCCCCCCCCC. The Hall–Kier alpha value is -3.16. The number of aliphatic hydroxyl groups is 5. The number of unbranched alkanes of at least 4 members (excludes halogenated alkanes) is 25. The molecular formula is C65H113NO10. The van der Waals surface area contributed by atoms with E-state index in [1.54, 1.807) is 6.08 Å². The molecule has 1 fully saturated rings. The van der Waals surface area contributed by atoms with Gasteiger partial charge in [-0.1, -0.05) is 241 Å². The molecule has 8 unspecified atom stereocenters. The van der Waals surface area contributed by atoms with Crippen LogP contribution in [0.25, 0.3) is 0 Å². The van der Waals surface area contributed by atoms with Crippen molar-refractivity contribution in [1.29, 1.82) is 0 Å². The van der Waals surface area contributed by atoms with Gasteiger partial charge in [-0.05, 0) is 89.9 Å². The number of ether oxygens (including phenoxy) is 3. The normalized spacial score (nSPS) is 19.7. The Bertz CT molecular complexity index is 1560. The van der Waals surface area contributed by atoms with E-state index in [0.29, 0.717) is 12.8 Å². The summed E-state index contributed by atoms with van der Waals surface area (Å²) in [5.74, 6) is -1.28. The van der Waals surface area contributed by atoms with Crippen LogP contribution in [0, 0.1) is 0 Å². The summed E-state index contributed by atoms with van der Waals surface area (Å²) >= 11 is 0. The van der Waals surface area contributed by atoms with Crippen molar-refractivity contribution in [2.24, 2.45) is 0 Å². The van der Waals surface area contributed by atoms with Crippen molar-refractivity contribution in [2.75, 3.05) is 13.2 Å². The van der Waals surface area contributed by atoms with Crippen molar-refractivity contribution in [1.82, 2.24) is 5.32 Å². The zero-order chi connectivity index (χ0) is 55.4. The molecule has 1 aliphatic rings. The van der Waals surface area contributed by atoms with E-state index < -0.39 is 67.4 Å². The summed E-state index contributed by atoms with van der Waals surface area (Å²) in [5, 5.41) is 56.9. The molecule has 0 saturated carbocycles. The lowest BCUT2D eigenvalue weighted by Gasteiger charge is -2.41. The van der Waals surface area contributed by atoms with Crippen molar-refractivity contribution in [3.63, 3.8) is 0 Å². The van der Waals surface area contributed by atoms with E-state index >= 15 is 0 Å². The number of carbonyl (C=O) groups is 2. The zero-order valence-electron chi connectivity index (χ0n) is 48.3. The summed E-state index contributed by atoms with van der Waals surface area (Å²) < 4.78 is 17.5. The molecule has 11 nitrogen and oxygen atoms in total. The second-order valence-corrected chi connectivity index (χ2v) is 21.1. The number of hydrogen-bond acceptors (Lipinski definition) is 10. The van der Waals surface area contributed by atoms with E-state index in [1.807, 2.05) is 18.2 Å². The quantitative estimate of drug-likeness (QED) is 0.0195. The molecule has 0 aliphatic carbocycles. The second kappa shape index (κ2) is 52.5. The van der Waals surface area contributed by atoms with Crippen molar-refractivity contribution in [3.05, 3.63) is 85.1 Å². The number of hydrogen-bond donors (Lipinski definition) is 6. The van der Waals surface area contributed by atoms with E-state index in [9.17, 15) is 35.1 Å². The van der Waals surface area contributed by atoms with Gasteiger partial charge in [-0.3, -0.25) is 9.59 Å². The van der Waals surface area contributed by atoms with Crippen LogP contribution in [0.2, 0.25) is 0 Å². The molecule has 76 heavy (non-hydrogen) atoms. The van der Waals surface area contributed by atoms with Gasteiger partial charge in [0.1, 0.15) is 24.4 Å². The van der Waals surface area contributed by atoms with Crippen LogP contribution in [-0.2, 0) is 23.8 Å². The molecule has 0 radical (unpaired) electrons. The van der Waals surface area contributed by atoms with Crippen molar-refractivity contribution in [2.45, 2.75) is 301 Å². The van der Waals surface area contributed by atoms with Gasteiger partial charge in [0.15, 0.2) is 12.4 Å². The van der Waals surface area contributed by atoms with Crippen LogP contribution in [0.15, 0.2) is 85.1 Å². The number of rotatable bonds is 51. The first kappa shape index (κ1) is 70.9. The predicted molar refractivity (Wildman–Crippen MR) is 315 cm³/mol. The Morgan fingerprint density at radius 3 is 1.38 bits per heavy atom. The average Bonchev–Trinajstić information content (AvgIpc) is 3.42. The molecule has 0 spiro atoms. The molecule has 11 heteroatoms. The Kier molecular flexibility index (Phi) is 49.0. The van der Waals surface area contributed by atoms with Crippen molar-refractivity contribution < 1.29 is 49.3 Å². The van der Waals surface area contributed by atoms with Crippen LogP contribution >= 0.6 is 0 Å². The lowest BCUT2D eigenvalue weighted by molar-refractivity contribution is -0.305. The van der Waals surface area contributed by atoms with E-state index in [2.05, 4.69) is 86.8 Å². The van der Waals surface area contributed by atoms with E-state index in [-0.39, 0.29) is 19.4 Å². The van der Waals surface area contributed by atoms with E-state index in [0.717, 1.165) is 96.3 Å². The van der Waals surface area contributed by atoms with Gasteiger partial charge in [0.25, 0.3) is 0 Å². The fourth-order valence-corrected chi connectivity index (χ4v) is 9.10. The number of esters is 1. The van der Waals surface area contributed by atoms with Crippen LogP contribution in [0.3, 0.4) is 0 Å². The molecule has 1 saturated heterocycles. The summed E-state index contributed by atoms with van der Waals surface area (Å²) in [6.07, 6.45) is 57.8. The average molecular weight is 1070 g/mol. The Morgan fingerprint density at radius 2 is 0.908 bits per heavy atom. The van der Waals surface area contributed by atoms with Gasteiger partial charge in [0.2, 0.25) is 5.91 Å². The maximum Gasteiger partial charge on any atom is 0.306 e. The molecule has 1 rings (SSSR count). The lowest BCUT2D eigenvalue weighted by atomic mass is 9.99. The topological polar surface area (TPSA) is 175 Å². The van der Waals surface area contributed by atoms with Crippen molar-refractivity contribution in [3.8, 4) is 0 Å². The van der Waals surface area contributed by atoms with Crippen LogP contribution in [0.4, 0.5) is 0 Å². The second-order valence-electron chi connectivity index (χ2n) is 21.1. The number of allylic oxidation sites excluding steroid dienone is 13. The van der Waals surface area contributed by atoms with Gasteiger partial charge >= 0.3 is 5.97 Å². The Morgan fingerprint density at radius 1 is 0.513 bits per heavy atom. The van der Waals surface area contributed by atoms with Gasteiger partial charge in [-0.2, -0.15) is 0 Å². The molecule has 1 amide bonds. The highest BCUT2D eigenvalue weighted by atomic mass is 16.7. The fourth-order valence-electron chi connectivity index (χ4n) is 9.10. The minimum Gasteiger partial charge on any atom is -0.454 e. The summed E-state index contributed by atoms with van der Waals surface area (Å²) in [4.78, 5) is 26.5. The molecule has 6 N–H and O–H groups in total. The first-order valence-electron chi connectivity index (χ1n) is 30.9. The molecule has 1 aliphatic heterocycles. The van der Waals surface area contributed by atoms with E-state index in [1.165, 1.54) is 109 Å². The number of nitrogens with one attached hydrogen (secondary N) is 1. The predicted octanol–water partition coefficient (Wildman–Crippen LogP) is 14.6. The molecule has 0 aromatic heterocycles. The van der Waals surface area contributed by atoms with Gasteiger partial charge in [-0.25, -0.2) is 0 Å². The highest BCUT2D eigenvalue weighted by Gasteiger charge is 2.47. The number of aliphatic hydroxyl groups excluding tert-OH is 5. The molecule has 0 aromatic carbocycles. The van der Waals surface area contributed by atoms with Gasteiger partial charge in [0.05, 0.1) is 25.4 Å². The summed E-state index contributed by atoms with van der Waals surface area (Å²) in [5.41, 5.74) is 0. The highest BCUT2D eigenvalue weighted by molar-refractivity contribution is 5.80. The Balaban J connectivity index is 2.70. The number of carbonyl (C=O) groups excluding carboxylic acids is 2. The zero-order valence-corrected chi connectivity index (χ0v) is 48.3. The smallest absolute Gasteiger partial charge is 0.306 e. The van der Waals surface area contributed by atoms with Gasteiger partial charge < -0.3 is 45.1 Å². The number of amides is 1. The van der Waals surface area contributed by atoms with Gasteiger partial charge in [0, 0.05) is 6.42 Å². The highest BCUT2D eigenvalue weighted by Crippen LogP contribution is 2.26. The molecule has 0 aromatic rings. The molecule has 1 heterocycles. The third-order valence-corrected chi connectivity index (χ3v) is 14.0. The monoisotopic (exact) mass is 1070 g/mol. The first-order chi connectivity index (χ1) is 37.2. The summed E-state index contributed by atoms with van der Waals surface area (Å²) in [7, 11) is 0. The lowest BCUT2D eigenvalue weighted by Crippen LogP contribution is -2.61. The molecule has 0 bridgehead atoms. The standard InChI is InChI=1S/C65H113NO10/c1-4-7-10-13-16-19-22-25-26-27-28-29-30-31-32-33-35-37-40-43-46-49-52-58(69)64(73)66-56(57(68)51-48-45-42-39-36-24-21-18-15-12-9-6-3)55-74-65-63(62(72)61(71)59(54-67)75-65)76-60(70)53-50-47-44-41-38-34-23-20-17-14-11-8-5-2/h16,19,25-26,28-29,31-32,34,38,44,47-48,51,56-59,61-63,65,67-69,71-72H,4-15,17-18,20-24,27,30,33,35-37,39-43,45-46,49-50,52-55H2,1-3H3,(H,66,73)/b19-16-,26-25-,29-28-,32-31-,38-34-,47-44+,51-48+. The Labute approximate surface area is 463 Å². The molecule has 438 valence electrons.